The monoisotopic (exact) mass is 365 g/mol. The summed E-state index contributed by atoms with van der Waals surface area (Å²) < 4.78 is -0.632. The Labute approximate surface area is 148 Å². The van der Waals surface area contributed by atoms with Gasteiger partial charge in [-0.05, 0) is 25.5 Å². The lowest BCUT2D eigenvalue weighted by atomic mass is 9.96. The van der Waals surface area contributed by atoms with Crippen molar-refractivity contribution in [2.75, 3.05) is 5.73 Å². The van der Waals surface area contributed by atoms with Gasteiger partial charge in [0.1, 0.15) is 23.2 Å². The van der Waals surface area contributed by atoms with Crippen LogP contribution in [0.3, 0.4) is 0 Å². The lowest BCUT2D eigenvalue weighted by molar-refractivity contribution is -0.161. The molecule has 1 unspecified atom stereocenters. The van der Waals surface area contributed by atoms with Gasteiger partial charge in [0.05, 0.1) is 6.42 Å². The predicted octanol–water partition coefficient (Wildman–Crippen LogP) is 0.149. The third kappa shape index (κ3) is 2.88. The SMILES string of the molecule is CC1(C)S[C@@H]2C(NC(=O)Cc3ccc(O)cc3N)C(=O)N2[C@H]1C(=O)O. The van der Waals surface area contributed by atoms with Crippen molar-refractivity contribution >= 4 is 35.2 Å². The molecule has 25 heavy (non-hydrogen) atoms. The molecule has 1 aromatic rings. The summed E-state index contributed by atoms with van der Waals surface area (Å²) in [5.74, 6) is -1.80. The van der Waals surface area contributed by atoms with Crippen molar-refractivity contribution in [1.29, 1.82) is 0 Å². The molecule has 3 rings (SSSR count). The number of anilines is 1. The van der Waals surface area contributed by atoms with Gasteiger partial charge in [0, 0.05) is 16.5 Å². The molecule has 0 spiro atoms. The number of phenols is 1. The largest absolute Gasteiger partial charge is 0.508 e. The van der Waals surface area contributed by atoms with Gasteiger partial charge in [-0.25, -0.2) is 4.79 Å². The van der Waals surface area contributed by atoms with E-state index < -0.39 is 22.8 Å². The van der Waals surface area contributed by atoms with Crippen LogP contribution >= 0.6 is 11.8 Å². The van der Waals surface area contributed by atoms with E-state index in [1.165, 1.54) is 28.8 Å². The summed E-state index contributed by atoms with van der Waals surface area (Å²) in [6.45, 7) is 3.55. The molecule has 0 aromatic heterocycles. The number of fused-ring (bicyclic) bond motifs is 1. The number of rotatable bonds is 4. The van der Waals surface area contributed by atoms with Crippen molar-refractivity contribution in [2.24, 2.45) is 0 Å². The van der Waals surface area contributed by atoms with Gasteiger partial charge in [0.15, 0.2) is 0 Å². The quantitative estimate of drug-likeness (QED) is 0.441. The Bertz CT molecular complexity index is 766. The van der Waals surface area contributed by atoms with Gasteiger partial charge in [0.2, 0.25) is 11.8 Å². The number of carbonyl (C=O) groups is 3. The first kappa shape index (κ1) is 17.4. The molecule has 0 radical (unpaired) electrons. The van der Waals surface area contributed by atoms with Crippen LogP contribution in [0, 0.1) is 0 Å². The number of phenolic OH excluding ortho intramolecular Hbond substituents is 1. The summed E-state index contributed by atoms with van der Waals surface area (Å²) in [5.41, 5.74) is 6.60. The van der Waals surface area contributed by atoms with E-state index in [4.69, 9.17) is 5.73 Å². The number of carboxylic acids is 1. The molecule has 0 bridgehead atoms. The van der Waals surface area contributed by atoms with Crippen LogP contribution < -0.4 is 11.1 Å². The van der Waals surface area contributed by atoms with Gasteiger partial charge in [-0.15, -0.1) is 11.8 Å². The fraction of sp³-hybridized carbons (Fsp3) is 0.438. The number of benzene rings is 1. The highest BCUT2D eigenvalue weighted by Crippen LogP contribution is 2.50. The lowest BCUT2D eigenvalue weighted by Crippen LogP contribution is -2.70. The minimum absolute atomic E-state index is 0.00997. The van der Waals surface area contributed by atoms with E-state index in [0.717, 1.165) is 0 Å². The van der Waals surface area contributed by atoms with Crippen molar-refractivity contribution in [3.8, 4) is 5.75 Å². The van der Waals surface area contributed by atoms with Crippen LogP contribution in [0.4, 0.5) is 5.69 Å². The maximum Gasteiger partial charge on any atom is 0.327 e. The van der Waals surface area contributed by atoms with Gasteiger partial charge < -0.3 is 26.2 Å². The number of amides is 2. The highest BCUT2D eigenvalue weighted by atomic mass is 32.2. The van der Waals surface area contributed by atoms with Gasteiger partial charge >= 0.3 is 5.97 Å². The standard InChI is InChI=1S/C16H19N3O5S/c1-16(2)12(15(23)24)19-13(22)11(14(19)25-16)18-10(21)5-7-3-4-8(20)6-9(7)17/h3-4,6,11-12,14,20H,5,17H2,1-2H3,(H,18,21)(H,23,24)/t11?,12-,14+/m0/s1. The average molecular weight is 365 g/mol. The summed E-state index contributed by atoms with van der Waals surface area (Å²) in [6, 6.07) is 2.69. The number of hydrogen-bond donors (Lipinski definition) is 4. The van der Waals surface area contributed by atoms with E-state index in [9.17, 15) is 24.6 Å². The molecule has 3 atom stereocenters. The summed E-state index contributed by atoms with van der Waals surface area (Å²) in [6.07, 6.45) is -0.0287. The van der Waals surface area contributed by atoms with Crippen LogP contribution in [0.2, 0.25) is 0 Å². The first-order chi connectivity index (χ1) is 11.6. The number of nitrogens with one attached hydrogen (secondary N) is 1. The zero-order valence-electron chi connectivity index (χ0n) is 13.7. The molecule has 8 nitrogen and oxygen atoms in total. The topological polar surface area (TPSA) is 133 Å². The number of carbonyl (C=O) groups excluding carboxylic acids is 2. The molecular weight excluding hydrogens is 346 g/mol. The molecule has 1 aromatic carbocycles. The number of carboxylic acid groups (broad SMARTS) is 1. The van der Waals surface area contributed by atoms with Gasteiger partial charge in [0.25, 0.3) is 0 Å². The van der Waals surface area contributed by atoms with Crippen LogP contribution in [0.15, 0.2) is 18.2 Å². The summed E-state index contributed by atoms with van der Waals surface area (Å²) in [4.78, 5) is 37.3. The maximum atomic E-state index is 12.3. The lowest BCUT2D eigenvalue weighted by Gasteiger charge is -2.43. The fourth-order valence-corrected chi connectivity index (χ4v) is 4.91. The molecule has 134 valence electrons. The molecule has 2 amide bonds. The Morgan fingerprint density at radius 1 is 1.40 bits per heavy atom. The molecule has 5 N–H and O–H groups in total. The Kier molecular flexibility index (Phi) is 4.06. The molecule has 2 heterocycles. The first-order valence-electron chi connectivity index (χ1n) is 7.71. The fourth-order valence-electron chi connectivity index (χ4n) is 3.29. The number of nitrogens with zero attached hydrogens (tertiary/aromatic N) is 1. The number of aromatic hydroxyl groups is 1. The number of β-lactam (4-membered cyclic amide) rings is 1. The van der Waals surface area contributed by atoms with Gasteiger partial charge in [-0.3, -0.25) is 9.59 Å². The zero-order chi connectivity index (χ0) is 18.5. The molecule has 0 aliphatic carbocycles. The summed E-state index contributed by atoms with van der Waals surface area (Å²) >= 11 is 1.37. The Balaban J connectivity index is 1.68. The number of thioether (sulfide) groups is 1. The van der Waals surface area contributed by atoms with E-state index in [0.29, 0.717) is 11.3 Å². The van der Waals surface area contributed by atoms with Gasteiger partial charge in [-0.2, -0.15) is 0 Å². The number of aliphatic carboxylic acids is 1. The van der Waals surface area contributed by atoms with Crippen molar-refractivity contribution in [1.82, 2.24) is 10.2 Å². The smallest absolute Gasteiger partial charge is 0.327 e. The third-order valence-electron chi connectivity index (χ3n) is 4.47. The van der Waals surface area contributed by atoms with E-state index in [1.54, 1.807) is 19.9 Å². The second-order valence-corrected chi connectivity index (χ2v) is 8.47. The highest BCUT2D eigenvalue weighted by Gasteiger charge is 2.64. The number of nitrogens with two attached hydrogens (primary N) is 1. The van der Waals surface area contributed by atoms with Crippen LogP contribution in [0.1, 0.15) is 19.4 Å². The minimum atomic E-state index is -1.05. The average Bonchev–Trinajstić information content (AvgIpc) is 2.76. The van der Waals surface area contributed by atoms with E-state index in [-0.39, 0.29) is 29.4 Å². The third-order valence-corrected chi connectivity index (χ3v) is 6.04. The zero-order valence-corrected chi connectivity index (χ0v) is 14.5. The van der Waals surface area contributed by atoms with Gasteiger partial charge in [-0.1, -0.05) is 6.07 Å². The van der Waals surface area contributed by atoms with Crippen molar-refractivity contribution in [2.45, 2.75) is 42.5 Å². The van der Waals surface area contributed by atoms with E-state index in [2.05, 4.69) is 5.32 Å². The first-order valence-corrected chi connectivity index (χ1v) is 8.59. The van der Waals surface area contributed by atoms with E-state index >= 15 is 0 Å². The summed E-state index contributed by atoms with van der Waals surface area (Å²) in [7, 11) is 0. The van der Waals surface area contributed by atoms with Crippen LogP contribution in [-0.2, 0) is 20.8 Å². The van der Waals surface area contributed by atoms with Crippen LogP contribution in [0.5, 0.6) is 5.75 Å². The van der Waals surface area contributed by atoms with E-state index in [1.807, 2.05) is 0 Å². The predicted molar refractivity (Wildman–Crippen MR) is 91.9 cm³/mol. The highest BCUT2D eigenvalue weighted by molar-refractivity contribution is 8.01. The molecular formula is C16H19N3O5S. The molecule has 2 fully saturated rings. The second-order valence-electron chi connectivity index (χ2n) is 6.70. The Morgan fingerprint density at radius 3 is 2.68 bits per heavy atom. The molecule has 2 saturated heterocycles. The van der Waals surface area contributed by atoms with Crippen molar-refractivity contribution in [3.05, 3.63) is 23.8 Å². The number of nitrogen functional groups attached to an aromatic ring is 1. The second kappa shape index (κ2) is 5.83. The van der Waals surface area contributed by atoms with Crippen molar-refractivity contribution in [3.63, 3.8) is 0 Å². The summed E-state index contributed by atoms with van der Waals surface area (Å²) in [5, 5.41) is 21.0. The molecule has 0 saturated carbocycles. The Hall–Kier alpha value is -2.42. The van der Waals surface area contributed by atoms with Crippen molar-refractivity contribution < 1.29 is 24.6 Å². The van der Waals surface area contributed by atoms with Crippen LogP contribution in [-0.4, -0.2) is 55.1 Å². The molecule has 2 aliphatic heterocycles. The molecule has 9 heteroatoms. The van der Waals surface area contributed by atoms with Crippen LogP contribution in [0.25, 0.3) is 0 Å². The Morgan fingerprint density at radius 2 is 2.08 bits per heavy atom. The normalized spacial score (nSPS) is 26.7. The maximum absolute atomic E-state index is 12.3. The minimum Gasteiger partial charge on any atom is -0.508 e. The number of hydrogen-bond acceptors (Lipinski definition) is 6. The molecule has 2 aliphatic rings.